The predicted octanol–water partition coefficient (Wildman–Crippen LogP) is 3.15. The molecule has 0 aliphatic heterocycles. The standard InChI is InChI=1S/C11H17ClO/c12-10-7-9(5-6-11(10)13)8-3-1-2-4-8/h8-10H,1-7H2. The average molecular weight is 201 g/mol. The fraction of sp³-hybridized carbons (Fsp3) is 0.909. The van der Waals surface area contributed by atoms with Crippen molar-refractivity contribution in [3.05, 3.63) is 0 Å². The molecule has 2 fully saturated rings. The number of ketones is 1. The van der Waals surface area contributed by atoms with E-state index >= 15 is 0 Å². The Morgan fingerprint density at radius 3 is 2.38 bits per heavy atom. The van der Waals surface area contributed by atoms with Crippen molar-refractivity contribution in [2.75, 3.05) is 0 Å². The lowest BCUT2D eigenvalue weighted by Gasteiger charge is -2.29. The van der Waals surface area contributed by atoms with Crippen LogP contribution in [0.2, 0.25) is 0 Å². The van der Waals surface area contributed by atoms with Gasteiger partial charge in [0, 0.05) is 6.42 Å². The van der Waals surface area contributed by atoms with Crippen LogP contribution in [0.5, 0.6) is 0 Å². The van der Waals surface area contributed by atoms with Crippen molar-refractivity contribution >= 4 is 17.4 Å². The summed E-state index contributed by atoms with van der Waals surface area (Å²) < 4.78 is 0. The van der Waals surface area contributed by atoms with Crippen LogP contribution in [0, 0.1) is 11.8 Å². The minimum absolute atomic E-state index is 0.167. The Morgan fingerprint density at radius 1 is 1.08 bits per heavy atom. The van der Waals surface area contributed by atoms with Gasteiger partial charge in [0.25, 0.3) is 0 Å². The Hall–Kier alpha value is -0.0400. The zero-order chi connectivity index (χ0) is 9.26. The summed E-state index contributed by atoms with van der Waals surface area (Å²) in [6.07, 6.45) is 8.32. The molecule has 0 spiro atoms. The molecule has 2 heteroatoms. The Balaban J connectivity index is 1.90. The number of hydrogen-bond acceptors (Lipinski definition) is 1. The first-order valence-electron chi connectivity index (χ1n) is 5.44. The molecule has 0 aromatic carbocycles. The second-order valence-electron chi connectivity index (χ2n) is 4.51. The minimum atomic E-state index is -0.167. The quantitative estimate of drug-likeness (QED) is 0.595. The van der Waals surface area contributed by atoms with Crippen LogP contribution in [0.1, 0.15) is 44.9 Å². The summed E-state index contributed by atoms with van der Waals surface area (Å²) in [5, 5.41) is -0.167. The smallest absolute Gasteiger partial charge is 0.150 e. The highest BCUT2D eigenvalue weighted by Gasteiger charge is 2.32. The first kappa shape index (κ1) is 9.51. The summed E-state index contributed by atoms with van der Waals surface area (Å²) in [5.74, 6) is 1.91. The molecule has 0 aromatic rings. The van der Waals surface area contributed by atoms with E-state index in [-0.39, 0.29) is 11.2 Å². The van der Waals surface area contributed by atoms with Gasteiger partial charge in [-0.1, -0.05) is 25.7 Å². The lowest BCUT2D eigenvalue weighted by atomic mass is 9.78. The van der Waals surface area contributed by atoms with Crippen LogP contribution < -0.4 is 0 Å². The number of halogens is 1. The van der Waals surface area contributed by atoms with Crippen molar-refractivity contribution in [1.82, 2.24) is 0 Å². The number of alkyl halides is 1. The molecule has 2 rings (SSSR count). The second kappa shape index (κ2) is 4.00. The maximum atomic E-state index is 11.2. The fourth-order valence-corrected chi connectivity index (χ4v) is 3.19. The van der Waals surface area contributed by atoms with E-state index in [9.17, 15) is 4.79 Å². The van der Waals surface area contributed by atoms with Gasteiger partial charge in [0.15, 0.2) is 5.78 Å². The molecular weight excluding hydrogens is 184 g/mol. The Morgan fingerprint density at radius 2 is 1.77 bits per heavy atom. The van der Waals surface area contributed by atoms with Crippen LogP contribution in [0.25, 0.3) is 0 Å². The molecule has 0 bridgehead atoms. The molecule has 2 atom stereocenters. The van der Waals surface area contributed by atoms with Crippen LogP contribution in [-0.2, 0) is 4.79 Å². The van der Waals surface area contributed by atoms with Gasteiger partial charge in [-0.15, -0.1) is 11.6 Å². The number of Topliss-reactive ketones (excluding diaryl/α,β-unsaturated/α-hetero) is 1. The minimum Gasteiger partial charge on any atom is -0.298 e. The molecule has 2 aliphatic rings. The first-order valence-corrected chi connectivity index (χ1v) is 5.88. The molecule has 2 unspecified atom stereocenters. The van der Waals surface area contributed by atoms with Gasteiger partial charge in [0.05, 0.1) is 5.38 Å². The van der Waals surface area contributed by atoms with Crippen LogP contribution in [0.4, 0.5) is 0 Å². The molecular formula is C11H17ClO. The number of carbonyl (C=O) groups excluding carboxylic acids is 1. The summed E-state index contributed by atoms with van der Waals surface area (Å²) in [6.45, 7) is 0. The molecule has 13 heavy (non-hydrogen) atoms. The second-order valence-corrected chi connectivity index (χ2v) is 5.04. The maximum Gasteiger partial charge on any atom is 0.150 e. The molecule has 0 heterocycles. The summed E-state index contributed by atoms with van der Waals surface area (Å²) in [7, 11) is 0. The number of carbonyl (C=O) groups is 1. The predicted molar refractivity (Wildman–Crippen MR) is 53.9 cm³/mol. The van der Waals surface area contributed by atoms with Crippen LogP contribution in [-0.4, -0.2) is 11.2 Å². The molecule has 2 saturated carbocycles. The van der Waals surface area contributed by atoms with Crippen LogP contribution in [0.15, 0.2) is 0 Å². The number of hydrogen-bond donors (Lipinski definition) is 0. The Labute approximate surface area is 84.8 Å². The third-order valence-corrected chi connectivity index (χ3v) is 4.11. The maximum absolute atomic E-state index is 11.2. The normalized spacial score (nSPS) is 36.8. The van der Waals surface area contributed by atoms with E-state index in [1.165, 1.54) is 25.7 Å². The van der Waals surface area contributed by atoms with E-state index in [1.807, 2.05) is 0 Å². The van der Waals surface area contributed by atoms with E-state index < -0.39 is 0 Å². The zero-order valence-electron chi connectivity index (χ0n) is 7.97. The Bertz CT molecular complexity index is 196. The van der Waals surface area contributed by atoms with E-state index in [2.05, 4.69) is 0 Å². The zero-order valence-corrected chi connectivity index (χ0v) is 8.72. The van der Waals surface area contributed by atoms with Gasteiger partial charge in [-0.05, 0) is 24.7 Å². The summed E-state index contributed by atoms with van der Waals surface area (Å²) in [4.78, 5) is 11.2. The van der Waals surface area contributed by atoms with Crippen molar-refractivity contribution in [3.63, 3.8) is 0 Å². The third kappa shape index (κ3) is 2.07. The number of rotatable bonds is 1. The highest BCUT2D eigenvalue weighted by molar-refractivity contribution is 6.31. The topological polar surface area (TPSA) is 17.1 Å². The van der Waals surface area contributed by atoms with Crippen molar-refractivity contribution < 1.29 is 4.79 Å². The third-order valence-electron chi connectivity index (χ3n) is 3.69. The van der Waals surface area contributed by atoms with Gasteiger partial charge >= 0.3 is 0 Å². The highest BCUT2D eigenvalue weighted by Crippen LogP contribution is 2.39. The van der Waals surface area contributed by atoms with E-state index in [0.717, 1.165) is 31.1 Å². The lowest BCUT2D eigenvalue weighted by molar-refractivity contribution is -0.120. The molecule has 0 radical (unpaired) electrons. The lowest BCUT2D eigenvalue weighted by Crippen LogP contribution is -2.28. The highest BCUT2D eigenvalue weighted by atomic mass is 35.5. The van der Waals surface area contributed by atoms with Crippen LogP contribution >= 0.6 is 11.6 Å². The summed E-state index contributed by atoms with van der Waals surface area (Å²) in [5.41, 5.74) is 0. The molecule has 0 saturated heterocycles. The van der Waals surface area contributed by atoms with Gasteiger partial charge in [-0.2, -0.15) is 0 Å². The molecule has 1 nitrogen and oxygen atoms in total. The SMILES string of the molecule is O=C1CCC(C2CCCC2)CC1Cl. The van der Waals surface area contributed by atoms with E-state index in [0.29, 0.717) is 0 Å². The monoisotopic (exact) mass is 200 g/mol. The van der Waals surface area contributed by atoms with Crippen molar-refractivity contribution in [1.29, 1.82) is 0 Å². The summed E-state index contributed by atoms with van der Waals surface area (Å²) in [6, 6.07) is 0. The molecule has 2 aliphatic carbocycles. The first-order chi connectivity index (χ1) is 6.27. The fourth-order valence-electron chi connectivity index (χ4n) is 2.86. The van der Waals surface area contributed by atoms with Gasteiger partial charge in [0.1, 0.15) is 0 Å². The summed E-state index contributed by atoms with van der Waals surface area (Å²) >= 11 is 5.99. The van der Waals surface area contributed by atoms with Gasteiger partial charge in [-0.25, -0.2) is 0 Å². The van der Waals surface area contributed by atoms with Gasteiger partial charge in [0.2, 0.25) is 0 Å². The Kier molecular flexibility index (Phi) is 2.92. The van der Waals surface area contributed by atoms with E-state index in [4.69, 9.17) is 11.6 Å². The molecule has 0 aromatic heterocycles. The molecule has 0 amide bonds. The van der Waals surface area contributed by atoms with Crippen molar-refractivity contribution in [3.8, 4) is 0 Å². The molecule has 0 N–H and O–H groups in total. The van der Waals surface area contributed by atoms with E-state index in [1.54, 1.807) is 0 Å². The van der Waals surface area contributed by atoms with Gasteiger partial charge in [-0.3, -0.25) is 4.79 Å². The van der Waals surface area contributed by atoms with Crippen molar-refractivity contribution in [2.24, 2.45) is 11.8 Å². The molecule has 74 valence electrons. The van der Waals surface area contributed by atoms with Gasteiger partial charge < -0.3 is 0 Å². The van der Waals surface area contributed by atoms with Crippen molar-refractivity contribution in [2.45, 2.75) is 50.3 Å². The largest absolute Gasteiger partial charge is 0.298 e. The average Bonchev–Trinajstić information content (AvgIpc) is 2.62. The van der Waals surface area contributed by atoms with Crippen LogP contribution in [0.3, 0.4) is 0 Å².